The van der Waals surface area contributed by atoms with Crippen molar-refractivity contribution >= 4 is 17.7 Å². The minimum atomic E-state index is -0.0959. The number of carbonyl (C=O) groups is 1. The van der Waals surface area contributed by atoms with E-state index in [0.717, 1.165) is 24.3 Å². The van der Waals surface area contributed by atoms with Crippen LogP contribution in [0.15, 0.2) is 11.1 Å². The number of nitrogens with zero attached hydrogens (tertiary/aromatic N) is 2. The first kappa shape index (κ1) is 13.1. The lowest BCUT2D eigenvalue weighted by molar-refractivity contribution is -0.121. The van der Waals surface area contributed by atoms with Crippen LogP contribution in [0.3, 0.4) is 0 Å². The molecule has 0 saturated heterocycles. The summed E-state index contributed by atoms with van der Waals surface area (Å²) in [6, 6.07) is 2.07. The SMILES string of the molecule is Cc1cc(SCCCCC(=O)NN)n(C)n1. The van der Waals surface area contributed by atoms with E-state index in [9.17, 15) is 4.79 Å². The van der Waals surface area contributed by atoms with Gasteiger partial charge in [-0.1, -0.05) is 0 Å². The van der Waals surface area contributed by atoms with Crippen LogP contribution in [0.25, 0.3) is 0 Å². The van der Waals surface area contributed by atoms with E-state index < -0.39 is 0 Å². The van der Waals surface area contributed by atoms with Crippen molar-refractivity contribution in [2.45, 2.75) is 31.2 Å². The number of aromatic nitrogens is 2. The Morgan fingerprint density at radius 1 is 1.62 bits per heavy atom. The average molecular weight is 242 g/mol. The number of nitrogens with two attached hydrogens (primary N) is 1. The molecule has 0 aliphatic rings. The highest BCUT2D eigenvalue weighted by Crippen LogP contribution is 2.19. The number of aryl methyl sites for hydroxylation is 2. The van der Waals surface area contributed by atoms with Gasteiger partial charge in [0.1, 0.15) is 0 Å². The maximum Gasteiger partial charge on any atom is 0.233 e. The molecular formula is C10H18N4OS. The van der Waals surface area contributed by atoms with E-state index in [1.165, 1.54) is 5.03 Å². The third kappa shape index (κ3) is 4.24. The summed E-state index contributed by atoms with van der Waals surface area (Å²) < 4.78 is 1.88. The molecule has 0 aliphatic heterocycles. The molecule has 0 spiro atoms. The fraction of sp³-hybridized carbons (Fsp3) is 0.600. The molecule has 6 heteroatoms. The molecule has 0 aliphatic carbocycles. The molecule has 1 heterocycles. The number of thioether (sulfide) groups is 1. The van der Waals surface area contributed by atoms with Crippen LogP contribution in [-0.4, -0.2) is 21.4 Å². The summed E-state index contributed by atoms with van der Waals surface area (Å²) in [6.07, 6.45) is 2.37. The Balaban J connectivity index is 2.16. The number of nitrogens with one attached hydrogen (secondary N) is 1. The van der Waals surface area contributed by atoms with E-state index in [2.05, 4.69) is 16.6 Å². The van der Waals surface area contributed by atoms with Crippen LogP contribution in [0.4, 0.5) is 0 Å². The van der Waals surface area contributed by atoms with Gasteiger partial charge in [-0.05, 0) is 31.6 Å². The van der Waals surface area contributed by atoms with Crippen molar-refractivity contribution in [1.82, 2.24) is 15.2 Å². The normalized spacial score (nSPS) is 10.4. The largest absolute Gasteiger partial charge is 0.294 e. The summed E-state index contributed by atoms with van der Waals surface area (Å²) in [6.45, 7) is 1.98. The van der Waals surface area contributed by atoms with Gasteiger partial charge in [-0.25, -0.2) is 5.84 Å². The van der Waals surface area contributed by atoms with Crippen molar-refractivity contribution in [3.63, 3.8) is 0 Å². The molecule has 0 aromatic carbocycles. The van der Waals surface area contributed by atoms with Gasteiger partial charge in [0.2, 0.25) is 5.91 Å². The summed E-state index contributed by atoms with van der Waals surface area (Å²) in [5, 5.41) is 5.43. The number of unbranched alkanes of at least 4 members (excludes halogenated alkanes) is 1. The molecule has 0 unspecified atom stereocenters. The molecule has 0 atom stereocenters. The monoisotopic (exact) mass is 242 g/mol. The lowest BCUT2D eigenvalue weighted by Gasteiger charge is -2.01. The summed E-state index contributed by atoms with van der Waals surface area (Å²) in [5.74, 6) is 5.89. The highest BCUT2D eigenvalue weighted by molar-refractivity contribution is 7.99. The predicted octanol–water partition coefficient (Wildman–Crippen LogP) is 0.981. The second kappa shape index (κ2) is 6.55. The first-order valence-corrected chi connectivity index (χ1v) is 6.25. The van der Waals surface area contributed by atoms with Crippen LogP contribution < -0.4 is 11.3 Å². The van der Waals surface area contributed by atoms with Crippen LogP contribution >= 0.6 is 11.8 Å². The Bertz CT molecular complexity index is 351. The van der Waals surface area contributed by atoms with Crippen LogP contribution in [0.1, 0.15) is 25.0 Å². The molecule has 5 nitrogen and oxygen atoms in total. The Hall–Kier alpha value is -1.01. The summed E-state index contributed by atoms with van der Waals surface area (Å²) in [7, 11) is 1.94. The van der Waals surface area contributed by atoms with Gasteiger partial charge in [0.05, 0.1) is 10.7 Å². The van der Waals surface area contributed by atoms with Crippen LogP contribution in [-0.2, 0) is 11.8 Å². The Morgan fingerprint density at radius 2 is 2.38 bits per heavy atom. The van der Waals surface area contributed by atoms with Crippen molar-refractivity contribution in [3.05, 3.63) is 11.8 Å². The van der Waals surface area contributed by atoms with E-state index >= 15 is 0 Å². The van der Waals surface area contributed by atoms with E-state index in [0.29, 0.717) is 6.42 Å². The molecule has 1 aromatic rings. The minimum absolute atomic E-state index is 0.0959. The van der Waals surface area contributed by atoms with Crippen molar-refractivity contribution < 1.29 is 4.79 Å². The number of hydrogen-bond acceptors (Lipinski definition) is 4. The maximum absolute atomic E-state index is 10.8. The average Bonchev–Trinajstić information content (AvgIpc) is 2.56. The second-order valence-corrected chi connectivity index (χ2v) is 4.74. The van der Waals surface area contributed by atoms with Crippen LogP contribution in [0.5, 0.6) is 0 Å². The van der Waals surface area contributed by atoms with Crippen LogP contribution in [0, 0.1) is 6.92 Å². The third-order valence-corrected chi connectivity index (χ3v) is 3.34. The topological polar surface area (TPSA) is 72.9 Å². The molecule has 1 rings (SSSR count). The first-order chi connectivity index (χ1) is 7.63. The second-order valence-electron chi connectivity index (χ2n) is 3.62. The van der Waals surface area contributed by atoms with Crippen molar-refractivity contribution in [1.29, 1.82) is 0 Å². The number of hydrogen-bond donors (Lipinski definition) is 2. The standard InChI is InChI=1S/C10H18N4OS/c1-8-7-10(14(2)13-8)16-6-4-3-5-9(15)12-11/h7H,3-6,11H2,1-2H3,(H,12,15). The van der Waals surface area contributed by atoms with Gasteiger partial charge in [0.15, 0.2) is 0 Å². The van der Waals surface area contributed by atoms with E-state index in [4.69, 9.17) is 5.84 Å². The predicted molar refractivity (Wildman–Crippen MR) is 64.9 cm³/mol. The zero-order chi connectivity index (χ0) is 12.0. The smallest absolute Gasteiger partial charge is 0.233 e. The first-order valence-electron chi connectivity index (χ1n) is 5.26. The molecule has 1 amide bonds. The molecule has 90 valence electrons. The van der Waals surface area contributed by atoms with E-state index in [-0.39, 0.29) is 5.91 Å². The fourth-order valence-electron chi connectivity index (χ4n) is 1.36. The molecule has 0 saturated carbocycles. The number of rotatable bonds is 6. The summed E-state index contributed by atoms with van der Waals surface area (Å²) in [5.41, 5.74) is 3.16. The number of hydrazine groups is 1. The fourth-order valence-corrected chi connectivity index (χ4v) is 2.40. The van der Waals surface area contributed by atoms with Gasteiger partial charge in [0.25, 0.3) is 0 Å². The van der Waals surface area contributed by atoms with Gasteiger partial charge >= 0.3 is 0 Å². The molecule has 16 heavy (non-hydrogen) atoms. The molecular weight excluding hydrogens is 224 g/mol. The molecule has 0 bridgehead atoms. The highest BCUT2D eigenvalue weighted by Gasteiger charge is 2.02. The number of amides is 1. The maximum atomic E-state index is 10.8. The van der Waals surface area contributed by atoms with Crippen molar-refractivity contribution in [2.24, 2.45) is 12.9 Å². The van der Waals surface area contributed by atoms with Gasteiger partial charge in [-0.15, -0.1) is 11.8 Å². The van der Waals surface area contributed by atoms with Gasteiger partial charge in [-0.3, -0.25) is 14.9 Å². The van der Waals surface area contributed by atoms with E-state index in [1.54, 1.807) is 11.8 Å². The lowest BCUT2D eigenvalue weighted by Crippen LogP contribution is -2.29. The zero-order valence-electron chi connectivity index (χ0n) is 9.69. The quantitative estimate of drug-likeness (QED) is 0.256. The lowest BCUT2D eigenvalue weighted by atomic mass is 10.2. The summed E-state index contributed by atoms with van der Waals surface area (Å²) >= 11 is 1.76. The van der Waals surface area contributed by atoms with Crippen molar-refractivity contribution in [3.8, 4) is 0 Å². The molecule has 0 radical (unpaired) electrons. The zero-order valence-corrected chi connectivity index (χ0v) is 10.5. The molecule has 3 N–H and O–H groups in total. The van der Waals surface area contributed by atoms with E-state index in [1.807, 2.05) is 18.7 Å². The molecule has 0 fully saturated rings. The van der Waals surface area contributed by atoms with Crippen LogP contribution in [0.2, 0.25) is 0 Å². The summed E-state index contributed by atoms with van der Waals surface area (Å²) in [4.78, 5) is 10.8. The Morgan fingerprint density at radius 3 is 2.94 bits per heavy atom. The number of carbonyl (C=O) groups excluding carboxylic acids is 1. The van der Waals surface area contributed by atoms with Crippen molar-refractivity contribution in [2.75, 3.05) is 5.75 Å². The minimum Gasteiger partial charge on any atom is -0.294 e. The van der Waals surface area contributed by atoms with Gasteiger partial charge < -0.3 is 0 Å². The van der Waals surface area contributed by atoms with Gasteiger partial charge in [0, 0.05) is 13.5 Å². The highest BCUT2D eigenvalue weighted by atomic mass is 32.2. The third-order valence-electron chi connectivity index (χ3n) is 2.17. The Kier molecular flexibility index (Phi) is 5.34. The Labute approximate surface area is 99.7 Å². The van der Waals surface area contributed by atoms with Gasteiger partial charge in [-0.2, -0.15) is 5.10 Å². The molecule has 1 aromatic heterocycles.